The van der Waals surface area contributed by atoms with Gasteiger partial charge in [-0.25, -0.2) is 4.98 Å². The molecule has 0 spiro atoms. The van der Waals surface area contributed by atoms with E-state index < -0.39 is 0 Å². The Morgan fingerprint density at radius 2 is 2.29 bits per heavy atom. The molecule has 0 fully saturated rings. The maximum Gasteiger partial charge on any atom is 0.0946 e. The van der Waals surface area contributed by atoms with Gasteiger partial charge in [0.15, 0.2) is 0 Å². The van der Waals surface area contributed by atoms with Crippen molar-refractivity contribution in [1.29, 1.82) is 0 Å². The van der Waals surface area contributed by atoms with Gasteiger partial charge in [-0.15, -0.1) is 0 Å². The van der Waals surface area contributed by atoms with E-state index in [1.807, 2.05) is 30.3 Å². The van der Waals surface area contributed by atoms with Crippen LogP contribution in [-0.4, -0.2) is 14.5 Å². The third kappa shape index (κ3) is 1.89. The van der Waals surface area contributed by atoms with E-state index in [-0.39, 0.29) is 0 Å². The van der Waals surface area contributed by atoms with E-state index in [4.69, 9.17) is 0 Å². The summed E-state index contributed by atoms with van der Waals surface area (Å²) in [5.41, 5.74) is 3.45. The highest BCUT2D eigenvalue weighted by Crippen LogP contribution is 2.18. The van der Waals surface area contributed by atoms with Gasteiger partial charge in [0.25, 0.3) is 0 Å². The number of rotatable bonds is 3. The molecule has 86 valence electrons. The van der Waals surface area contributed by atoms with E-state index in [2.05, 4.69) is 39.6 Å². The van der Waals surface area contributed by atoms with Crippen LogP contribution in [0.25, 0.3) is 10.9 Å². The summed E-state index contributed by atoms with van der Waals surface area (Å²) in [7, 11) is 2.00. The van der Waals surface area contributed by atoms with Crippen LogP contribution in [0.5, 0.6) is 0 Å². The van der Waals surface area contributed by atoms with Crippen molar-refractivity contribution in [3.8, 4) is 0 Å². The van der Waals surface area contributed by atoms with Crippen molar-refractivity contribution in [2.24, 2.45) is 7.05 Å². The second-order valence-corrected chi connectivity index (χ2v) is 4.13. The fraction of sp³-hybridized carbons (Fsp3) is 0.154. The molecule has 1 aromatic carbocycles. The summed E-state index contributed by atoms with van der Waals surface area (Å²) in [6.45, 7) is 0.784. The average Bonchev–Trinajstić information content (AvgIpc) is 2.94. The van der Waals surface area contributed by atoms with E-state index >= 15 is 0 Å². The molecule has 4 nitrogen and oxygen atoms in total. The van der Waals surface area contributed by atoms with Crippen LogP contribution in [0.4, 0.5) is 5.69 Å². The van der Waals surface area contributed by atoms with Gasteiger partial charge in [0.1, 0.15) is 0 Å². The Hall–Kier alpha value is -2.23. The number of fused-ring (bicyclic) bond motifs is 1. The molecule has 0 amide bonds. The van der Waals surface area contributed by atoms with Gasteiger partial charge in [-0.1, -0.05) is 0 Å². The predicted octanol–water partition coefficient (Wildman–Crippen LogP) is 2.51. The number of aromatic nitrogens is 3. The van der Waals surface area contributed by atoms with Crippen molar-refractivity contribution < 1.29 is 0 Å². The molecule has 0 aliphatic heterocycles. The number of aryl methyl sites for hydroxylation is 1. The molecule has 0 saturated heterocycles. The number of nitrogens with zero attached hydrogens (tertiary/aromatic N) is 2. The Bertz CT molecular complexity index is 635. The van der Waals surface area contributed by atoms with Crippen molar-refractivity contribution in [2.75, 3.05) is 5.32 Å². The van der Waals surface area contributed by atoms with Crippen molar-refractivity contribution in [3.63, 3.8) is 0 Å². The lowest BCUT2D eigenvalue weighted by molar-refractivity contribution is 0.837. The normalized spacial score (nSPS) is 10.9. The number of hydrogen-bond donors (Lipinski definition) is 2. The van der Waals surface area contributed by atoms with E-state index in [0.29, 0.717) is 0 Å². The molecule has 4 heteroatoms. The highest BCUT2D eigenvalue weighted by molar-refractivity contribution is 5.82. The Labute approximate surface area is 99.3 Å². The van der Waals surface area contributed by atoms with Crippen molar-refractivity contribution in [3.05, 3.63) is 48.7 Å². The summed E-state index contributed by atoms with van der Waals surface area (Å²) in [6.07, 6.45) is 5.64. The third-order valence-corrected chi connectivity index (χ3v) is 2.94. The molecule has 0 aliphatic carbocycles. The van der Waals surface area contributed by atoms with Gasteiger partial charge in [0.05, 0.1) is 18.6 Å². The van der Waals surface area contributed by atoms with Crippen molar-refractivity contribution in [1.82, 2.24) is 14.5 Å². The van der Waals surface area contributed by atoms with Crippen LogP contribution < -0.4 is 5.32 Å². The molecule has 2 aromatic heterocycles. The first-order valence-corrected chi connectivity index (χ1v) is 5.59. The molecular formula is C13H14N4. The third-order valence-electron chi connectivity index (χ3n) is 2.94. The van der Waals surface area contributed by atoms with Crippen molar-refractivity contribution in [2.45, 2.75) is 6.54 Å². The van der Waals surface area contributed by atoms with Crippen LogP contribution in [0.2, 0.25) is 0 Å². The van der Waals surface area contributed by atoms with Gasteiger partial charge in [-0.2, -0.15) is 0 Å². The number of H-pyrrole nitrogens is 1. The molecular weight excluding hydrogens is 212 g/mol. The number of aromatic amines is 1. The molecule has 2 heterocycles. The standard InChI is InChI=1S/C13H14N4/c1-17-9-14-7-12(17)8-16-11-2-3-13-10(6-11)4-5-15-13/h2-7,9,15-16H,8H2,1H3. The Morgan fingerprint density at radius 3 is 3.12 bits per heavy atom. The van der Waals surface area contributed by atoms with E-state index in [1.165, 1.54) is 11.1 Å². The lowest BCUT2D eigenvalue weighted by Gasteiger charge is -2.06. The molecule has 0 atom stereocenters. The van der Waals surface area contributed by atoms with Crippen LogP contribution in [-0.2, 0) is 13.6 Å². The van der Waals surface area contributed by atoms with Gasteiger partial charge in [0.2, 0.25) is 0 Å². The number of anilines is 1. The zero-order valence-corrected chi connectivity index (χ0v) is 9.64. The molecule has 0 aliphatic rings. The summed E-state index contributed by atoms with van der Waals surface area (Å²) in [4.78, 5) is 7.28. The average molecular weight is 226 g/mol. The summed E-state index contributed by atoms with van der Waals surface area (Å²) in [5, 5.41) is 4.62. The number of imidazole rings is 1. The lowest BCUT2D eigenvalue weighted by atomic mass is 10.2. The summed E-state index contributed by atoms with van der Waals surface area (Å²) < 4.78 is 2.02. The van der Waals surface area contributed by atoms with Gasteiger partial charge in [-0.05, 0) is 24.3 Å². The molecule has 0 saturated carbocycles. The monoisotopic (exact) mass is 226 g/mol. The van der Waals surface area contributed by atoms with Crippen LogP contribution in [0.3, 0.4) is 0 Å². The van der Waals surface area contributed by atoms with Crippen LogP contribution in [0.1, 0.15) is 5.69 Å². The highest BCUT2D eigenvalue weighted by atomic mass is 15.0. The summed E-state index contributed by atoms with van der Waals surface area (Å²) >= 11 is 0. The summed E-state index contributed by atoms with van der Waals surface area (Å²) in [6, 6.07) is 8.38. The zero-order valence-electron chi connectivity index (χ0n) is 9.64. The number of hydrogen-bond acceptors (Lipinski definition) is 2. The molecule has 2 N–H and O–H groups in total. The highest BCUT2D eigenvalue weighted by Gasteiger charge is 1.99. The lowest BCUT2D eigenvalue weighted by Crippen LogP contribution is -2.03. The van der Waals surface area contributed by atoms with Crippen molar-refractivity contribution >= 4 is 16.6 Å². The SMILES string of the molecule is Cn1cncc1CNc1ccc2[nH]ccc2c1. The topological polar surface area (TPSA) is 45.6 Å². The largest absolute Gasteiger partial charge is 0.379 e. The first kappa shape index (κ1) is 9.96. The minimum atomic E-state index is 0.784. The van der Waals surface area contributed by atoms with Crippen LogP contribution in [0, 0.1) is 0 Å². The molecule has 0 radical (unpaired) electrons. The predicted molar refractivity (Wildman–Crippen MR) is 68.8 cm³/mol. The minimum Gasteiger partial charge on any atom is -0.379 e. The number of nitrogens with one attached hydrogen (secondary N) is 2. The van der Waals surface area contributed by atoms with E-state index in [1.54, 1.807) is 0 Å². The first-order chi connectivity index (χ1) is 8.33. The fourth-order valence-corrected chi connectivity index (χ4v) is 1.91. The second kappa shape index (κ2) is 3.97. The first-order valence-electron chi connectivity index (χ1n) is 5.59. The second-order valence-electron chi connectivity index (χ2n) is 4.13. The van der Waals surface area contributed by atoms with Gasteiger partial charge >= 0.3 is 0 Å². The minimum absolute atomic E-state index is 0.784. The van der Waals surface area contributed by atoms with Gasteiger partial charge in [-0.3, -0.25) is 0 Å². The van der Waals surface area contributed by atoms with Gasteiger partial charge < -0.3 is 14.9 Å². The fourth-order valence-electron chi connectivity index (χ4n) is 1.91. The molecule has 0 bridgehead atoms. The molecule has 3 rings (SSSR count). The Kier molecular flexibility index (Phi) is 2.33. The molecule has 3 aromatic rings. The van der Waals surface area contributed by atoms with Gasteiger partial charge in [0, 0.05) is 36.0 Å². The quantitative estimate of drug-likeness (QED) is 0.720. The molecule has 0 unspecified atom stereocenters. The smallest absolute Gasteiger partial charge is 0.0946 e. The Balaban J connectivity index is 1.78. The molecule has 17 heavy (non-hydrogen) atoms. The Morgan fingerprint density at radius 1 is 1.35 bits per heavy atom. The van der Waals surface area contributed by atoms with E-state index in [0.717, 1.165) is 17.7 Å². The number of benzene rings is 1. The maximum absolute atomic E-state index is 4.09. The van der Waals surface area contributed by atoms with Crippen LogP contribution in [0.15, 0.2) is 43.0 Å². The zero-order chi connectivity index (χ0) is 11.7. The summed E-state index contributed by atoms with van der Waals surface area (Å²) in [5.74, 6) is 0. The maximum atomic E-state index is 4.09. The van der Waals surface area contributed by atoms with Crippen LogP contribution >= 0.6 is 0 Å². The van der Waals surface area contributed by atoms with E-state index in [9.17, 15) is 0 Å².